The van der Waals surface area contributed by atoms with E-state index in [1.807, 2.05) is 51.1 Å². The second kappa shape index (κ2) is 14.2. The predicted octanol–water partition coefficient (Wildman–Crippen LogP) is 3.49. The van der Waals surface area contributed by atoms with Gasteiger partial charge in [-0.1, -0.05) is 76.2 Å². The number of hydrogen-bond donors (Lipinski definition) is 4. The third-order valence-electron chi connectivity index (χ3n) is 7.38. The van der Waals surface area contributed by atoms with Crippen LogP contribution in [0.1, 0.15) is 58.9 Å². The molecule has 2 amide bonds. The second-order valence-corrected chi connectivity index (χ2v) is 13.2. The lowest BCUT2D eigenvalue weighted by Crippen LogP contribution is -2.68. The molecule has 1 saturated heterocycles. The molecule has 4 N–H and O–H groups in total. The quantitative estimate of drug-likeness (QED) is 0.202. The topological polar surface area (TPSA) is 128 Å². The smallest absolute Gasteiger partial charge is 0.238 e. The highest BCUT2D eigenvalue weighted by atomic mass is 32.2. The molecule has 9 nitrogen and oxygen atoms in total. The molecule has 0 bridgehead atoms. The Morgan fingerprint density at radius 1 is 1.07 bits per heavy atom. The molecule has 2 aromatic carbocycles. The maximum Gasteiger partial charge on any atom is 0.238 e. The van der Waals surface area contributed by atoms with Crippen molar-refractivity contribution >= 4 is 21.7 Å². The molecule has 3 rings (SSSR count). The summed E-state index contributed by atoms with van der Waals surface area (Å²) in [6, 6.07) is 17.2. The second-order valence-electron chi connectivity index (χ2n) is 11.2. The van der Waals surface area contributed by atoms with Gasteiger partial charge in [0.1, 0.15) is 11.8 Å². The number of sulfone groups is 1. The van der Waals surface area contributed by atoms with Crippen LogP contribution in [0.3, 0.4) is 0 Å². The van der Waals surface area contributed by atoms with E-state index < -0.39 is 33.6 Å². The Bertz CT molecular complexity index is 1200. The van der Waals surface area contributed by atoms with Crippen molar-refractivity contribution in [1.82, 2.24) is 21.0 Å². The molecule has 0 saturated carbocycles. The largest absolute Gasteiger partial charge is 0.337 e. The van der Waals surface area contributed by atoms with E-state index in [-0.39, 0.29) is 41.2 Å². The first-order valence-electron chi connectivity index (χ1n) is 14.1. The molecule has 0 radical (unpaired) electrons. The number of carbonyl (C=O) groups excluding carboxylic acids is 2. The Hall–Kier alpha value is -2.79. The number of carbonyl (C=O) groups is 2. The summed E-state index contributed by atoms with van der Waals surface area (Å²) >= 11 is 0. The summed E-state index contributed by atoms with van der Waals surface area (Å²) in [5, 5.41) is 22.1. The van der Waals surface area contributed by atoms with Gasteiger partial charge in [-0.05, 0) is 49.4 Å². The third kappa shape index (κ3) is 8.36. The van der Waals surface area contributed by atoms with Crippen molar-refractivity contribution in [1.29, 1.82) is 0 Å². The Kier molecular flexibility index (Phi) is 11.3. The van der Waals surface area contributed by atoms with Crippen LogP contribution in [-0.2, 0) is 25.8 Å². The number of rotatable bonds is 14. The van der Waals surface area contributed by atoms with Gasteiger partial charge in [0.05, 0.1) is 16.7 Å². The van der Waals surface area contributed by atoms with E-state index in [9.17, 15) is 23.2 Å². The lowest BCUT2D eigenvalue weighted by atomic mass is 9.93. The highest BCUT2D eigenvalue weighted by Crippen LogP contribution is 2.28. The van der Waals surface area contributed by atoms with Crippen LogP contribution in [0.2, 0.25) is 0 Å². The maximum absolute atomic E-state index is 13.3. The fourth-order valence-electron chi connectivity index (χ4n) is 5.20. The standard InChI is InChI=1S/C30H44N4O5S/c1-5-30(33-27(35)19-22(2)3,20-24-13-8-6-9-14-24)34(37)28(32-29(36)26-17-12-18-31-26)23(4)21-40(38,39)25-15-10-7-11-16-25/h6-11,13-16,22-23,26,28,31,37H,5,12,17-21H2,1-4H3,(H,32,36)(H,33,35)/t23?,26-,28?,30?/m1/s1. The van der Waals surface area contributed by atoms with Gasteiger partial charge < -0.3 is 21.2 Å². The predicted molar refractivity (Wildman–Crippen MR) is 155 cm³/mol. The molecule has 0 aliphatic carbocycles. The summed E-state index contributed by atoms with van der Waals surface area (Å²) < 4.78 is 26.7. The van der Waals surface area contributed by atoms with Crippen molar-refractivity contribution in [3.8, 4) is 0 Å². The number of hydroxylamine groups is 2. The van der Waals surface area contributed by atoms with Crippen molar-refractivity contribution in [3.05, 3.63) is 66.2 Å². The van der Waals surface area contributed by atoms with Gasteiger partial charge in [0.25, 0.3) is 0 Å². The van der Waals surface area contributed by atoms with Crippen LogP contribution in [0.25, 0.3) is 0 Å². The summed E-state index contributed by atoms with van der Waals surface area (Å²) in [4.78, 5) is 26.6. The lowest BCUT2D eigenvalue weighted by Gasteiger charge is -2.46. The molecule has 4 atom stereocenters. The van der Waals surface area contributed by atoms with E-state index in [0.717, 1.165) is 17.0 Å². The zero-order chi connectivity index (χ0) is 29.3. The van der Waals surface area contributed by atoms with E-state index in [4.69, 9.17) is 0 Å². The SMILES string of the molecule is CCC(Cc1ccccc1)(NC(=O)CC(C)C)N(O)C(NC(=O)[C@H]1CCCN1)C(C)CS(=O)(=O)c1ccccc1. The monoisotopic (exact) mass is 572 g/mol. The highest BCUT2D eigenvalue weighted by Gasteiger charge is 2.44. The maximum atomic E-state index is 13.3. The van der Waals surface area contributed by atoms with Gasteiger partial charge in [0, 0.05) is 18.8 Å². The van der Waals surface area contributed by atoms with Gasteiger partial charge in [-0.25, -0.2) is 8.42 Å². The van der Waals surface area contributed by atoms with E-state index in [1.165, 1.54) is 12.1 Å². The van der Waals surface area contributed by atoms with Gasteiger partial charge >= 0.3 is 0 Å². The lowest BCUT2D eigenvalue weighted by molar-refractivity contribution is -0.231. The Morgan fingerprint density at radius 2 is 1.70 bits per heavy atom. The number of nitrogens with one attached hydrogen (secondary N) is 3. The minimum atomic E-state index is -3.73. The molecule has 1 aliphatic rings. The summed E-state index contributed by atoms with van der Waals surface area (Å²) in [5.74, 6) is -1.51. The van der Waals surface area contributed by atoms with Crippen LogP contribution in [0.15, 0.2) is 65.6 Å². The molecule has 10 heteroatoms. The molecule has 3 unspecified atom stereocenters. The van der Waals surface area contributed by atoms with Crippen LogP contribution >= 0.6 is 0 Å². The van der Waals surface area contributed by atoms with Crippen molar-refractivity contribution in [2.45, 2.75) is 82.6 Å². The fourth-order valence-corrected chi connectivity index (χ4v) is 6.84. The molecule has 1 heterocycles. The molecule has 1 fully saturated rings. The van der Waals surface area contributed by atoms with Crippen LogP contribution in [0.5, 0.6) is 0 Å². The highest BCUT2D eigenvalue weighted by molar-refractivity contribution is 7.91. The van der Waals surface area contributed by atoms with Gasteiger partial charge in [0.15, 0.2) is 9.84 Å². The van der Waals surface area contributed by atoms with Crippen molar-refractivity contribution in [3.63, 3.8) is 0 Å². The first kappa shape index (κ1) is 31.7. The summed E-state index contributed by atoms with van der Waals surface area (Å²) in [6.07, 6.45) is 1.20. The summed E-state index contributed by atoms with van der Waals surface area (Å²) in [6.45, 7) is 8.13. The van der Waals surface area contributed by atoms with E-state index in [1.54, 1.807) is 25.1 Å². The summed E-state index contributed by atoms with van der Waals surface area (Å²) in [7, 11) is -3.73. The Labute approximate surface area is 238 Å². The zero-order valence-corrected chi connectivity index (χ0v) is 24.8. The van der Waals surface area contributed by atoms with Gasteiger partial charge in [-0.3, -0.25) is 9.59 Å². The average Bonchev–Trinajstić information content (AvgIpc) is 3.46. The normalized spacial score (nSPS) is 18.7. The molecule has 220 valence electrons. The van der Waals surface area contributed by atoms with Crippen LogP contribution < -0.4 is 16.0 Å². The number of benzene rings is 2. The number of hydrogen-bond acceptors (Lipinski definition) is 7. The van der Waals surface area contributed by atoms with Crippen LogP contribution in [0.4, 0.5) is 0 Å². The fraction of sp³-hybridized carbons (Fsp3) is 0.533. The van der Waals surface area contributed by atoms with Crippen molar-refractivity contribution in [2.75, 3.05) is 12.3 Å². The van der Waals surface area contributed by atoms with E-state index in [2.05, 4.69) is 16.0 Å². The molecular formula is C30H44N4O5S. The minimum Gasteiger partial charge on any atom is -0.337 e. The third-order valence-corrected chi connectivity index (χ3v) is 9.34. The van der Waals surface area contributed by atoms with Crippen LogP contribution in [-0.4, -0.2) is 60.7 Å². The van der Waals surface area contributed by atoms with Crippen molar-refractivity contribution in [2.24, 2.45) is 11.8 Å². The molecule has 2 aromatic rings. The van der Waals surface area contributed by atoms with Crippen molar-refractivity contribution < 1.29 is 23.2 Å². The number of amides is 2. The Morgan fingerprint density at radius 3 is 2.25 bits per heavy atom. The zero-order valence-electron chi connectivity index (χ0n) is 24.0. The molecular weight excluding hydrogens is 528 g/mol. The molecule has 0 aromatic heterocycles. The molecule has 0 spiro atoms. The van der Waals surface area contributed by atoms with Crippen LogP contribution in [0, 0.1) is 11.8 Å². The van der Waals surface area contributed by atoms with Gasteiger partial charge in [-0.15, -0.1) is 5.06 Å². The molecule has 1 aliphatic heterocycles. The van der Waals surface area contributed by atoms with Gasteiger partial charge in [-0.2, -0.15) is 0 Å². The summed E-state index contributed by atoms with van der Waals surface area (Å²) in [5.41, 5.74) is -0.431. The van der Waals surface area contributed by atoms with E-state index in [0.29, 0.717) is 19.4 Å². The minimum absolute atomic E-state index is 0.0947. The Balaban J connectivity index is 2.00. The first-order valence-corrected chi connectivity index (χ1v) is 15.8. The first-order chi connectivity index (χ1) is 19.0. The average molecular weight is 573 g/mol. The number of nitrogens with zero attached hydrogens (tertiary/aromatic N) is 1. The van der Waals surface area contributed by atoms with E-state index >= 15 is 0 Å². The van der Waals surface area contributed by atoms with Gasteiger partial charge in [0.2, 0.25) is 11.8 Å². The molecule has 40 heavy (non-hydrogen) atoms.